The summed E-state index contributed by atoms with van der Waals surface area (Å²) in [5.41, 5.74) is -0.917. The van der Waals surface area contributed by atoms with E-state index in [-0.39, 0.29) is 0 Å². The van der Waals surface area contributed by atoms with Crippen LogP contribution in [0, 0.1) is 0 Å². The first-order chi connectivity index (χ1) is 7.79. The maximum Gasteiger partial charge on any atom is 0.102 e. The highest BCUT2D eigenvalue weighted by Gasteiger charge is 2.09. The van der Waals surface area contributed by atoms with E-state index in [0.717, 1.165) is 11.0 Å². The molecule has 0 aliphatic rings. The zero-order chi connectivity index (χ0) is 12.9. The predicted molar refractivity (Wildman–Crippen MR) is 80.6 cm³/mol. The first-order valence-corrected chi connectivity index (χ1v) is 9.49. The van der Waals surface area contributed by atoms with Gasteiger partial charge in [0.05, 0.1) is 27.7 Å². The van der Waals surface area contributed by atoms with Gasteiger partial charge in [0, 0.05) is 6.16 Å². The first-order valence-electron chi connectivity index (χ1n) is 5.57. The zero-order valence-electron chi connectivity index (χ0n) is 10.6. The third-order valence-electron chi connectivity index (χ3n) is 2.27. The van der Waals surface area contributed by atoms with Crippen molar-refractivity contribution >= 4 is 29.5 Å². The van der Waals surface area contributed by atoms with Gasteiger partial charge in [0.15, 0.2) is 0 Å². The van der Waals surface area contributed by atoms with Crippen LogP contribution >= 0.6 is 5.47 Å². The number of nitrogens with zero attached hydrogens (tertiary/aromatic N) is 1. The lowest BCUT2D eigenvalue weighted by atomic mass is 10.2. The second-order valence-corrected chi connectivity index (χ2v) is 11.1. The summed E-state index contributed by atoms with van der Waals surface area (Å²) in [6.07, 6.45) is 0.704. The lowest BCUT2D eigenvalue weighted by molar-refractivity contribution is -0.870. The molecule has 1 atom stereocenters. The van der Waals surface area contributed by atoms with Crippen LogP contribution in [0.2, 0.25) is 0 Å². The molecule has 0 N–H and O–H groups in total. The van der Waals surface area contributed by atoms with E-state index in [1.54, 1.807) is 0 Å². The molecule has 1 aromatic carbocycles. The average Bonchev–Trinajstić information content (AvgIpc) is 2.15. The summed E-state index contributed by atoms with van der Waals surface area (Å²) in [4.78, 5) is 0. The van der Waals surface area contributed by atoms with Crippen LogP contribution in [0.4, 0.5) is 0 Å². The van der Waals surface area contributed by atoms with Gasteiger partial charge in [-0.1, -0.05) is 47.6 Å². The highest BCUT2D eigenvalue weighted by molar-refractivity contribution is 8.52. The molecule has 0 radical (unpaired) electrons. The Labute approximate surface area is 115 Å². The molecule has 0 heterocycles. The van der Waals surface area contributed by atoms with Crippen molar-refractivity contribution in [3.63, 3.8) is 0 Å². The third-order valence-corrected chi connectivity index (χ3v) is 5.00. The van der Waals surface area contributed by atoms with E-state index in [2.05, 4.69) is 33.3 Å². The molecule has 0 saturated carbocycles. The summed E-state index contributed by atoms with van der Waals surface area (Å²) in [6.45, 7) is 1.58. The van der Waals surface area contributed by atoms with Crippen molar-refractivity contribution < 1.29 is 9.01 Å². The maximum atomic E-state index is 5.73. The van der Waals surface area contributed by atoms with Crippen LogP contribution in [0.5, 0.6) is 0 Å². The molecule has 1 aromatic rings. The van der Waals surface area contributed by atoms with Gasteiger partial charge in [-0.25, -0.2) is 0 Å². The SMILES string of the molecule is C[N+](C)(C)CCOP(=S)([S-])Cc1ccccc1. The molecule has 0 spiro atoms. The van der Waals surface area contributed by atoms with Gasteiger partial charge in [0.2, 0.25) is 0 Å². The minimum Gasteiger partial charge on any atom is -0.719 e. The second-order valence-electron chi connectivity index (χ2n) is 5.10. The van der Waals surface area contributed by atoms with Gasteiger partial charge in [0.25, 0.3) is 0 Å². The fourth-order valence-electron chi connectivity index (χ4n) is 1.31. The lowest BCUT2D eigenvalue weighted by Gasteiger charge is -2.31. The van der Waals surface area contributed by atoms with Gasteiger partial charge in [0.1, 0.15) is 6.54 Å². The van der Waals surface area contributed by atoms with E-state index in [0.29, 0.717) is 12.8 Å². The molecule has 0 saturated heterocycles. The Bertz CT molecular complexity index is 389. The summed E-state index contributed by atoms with van der Waals surface area (Å²) < 4.78 is 6.61. The summed E-state index contributed by atoms with van der Waals surface area (Å²) in [6, 6.07) is 10.1. The number of hydrogen-bond acceptors (Lipinski definition) is 3. The molecule has 0 bridgehead atoms. The van der Waals surface area contributed by atoms with Crippen molar-refractivity contribution in [2.75, 3.05) is 34.3 Å². The monoisotopic (exact) mass is 289 g/mol. The Morgan fingerprint density at radius 1 is 1.24 bits per heavy atom. The molecule has 0 amide bonds. The first kappa shape index (κ1) is 15.2. The summed E-state index contributed by atoms with van der Waals surface area (Å²) >= 11 is 10.8. The van der Waals surface area contributed by atoms with Crippen LogP contribution in [0.3, 0.4) is 0 Å². The molecule has 2 nitrogen and oxygen atoms in total. The van der Waals surface area contributed by atoms with Gasteiger partial charge in [-0.2, -0.15) is 0 Å². The van der Waals surface area contributed by atoms with Crippen LogP contribution in [0.1, 0.15) is 5.56 Å². The Morgan fingerprint density at radius 2 is 1.82 bits per heavy atom. The molecule has 5 heteroatoms. The fraction of sp³-hybridized carbons (Fsp3) is 0.500. The highest BCUT2D eigenvalue weighted by Crippen LogP contribution is 2.48. The number of likely N-dealkylation sites (N-methyl/N-ethyl adjacent to an activating group) is 1. The highest BCUT2D eigenvalue weighted by atomic mass is 32.9. The van der Waals surface area contributed by atoms with Crippen molar-refractivity contribution in [1.82, 2.24) is 0 Å². The maximum absolute atomic E-state index is 5.73. The Kier molecular flexibility index (Phi) is 5.68. The van der Waals surface area contributed by atoms with E-state index in [9.17, 15) is 0 Å². The Morgan fingerprint density at radius 3 is 2.35 bits per heavy atom. The molecule has 17 heavy (non-hydrogen) atoms. The molecule has 1 rings (SSSR count). The van der Waals surface area contributed by atoms with E-state index >= 15 is 0 Å². The minimum atomic E-state index is -2.09. The Balaban J connectivity index is 2.44. The smallest absolute Gasteiger partial charge is 0.102 e. The number of rotatable bonds is 6. The van der Waals surface area contributed by atoms with Crippen molar-refractivity contribution in [2.24, 2.45) is 0 Å². The largest absolute Gasteiger partial charge is 0.719 e. The van der Waals surface area contributed by atoms with E-state index < -0.39 is 5.47 Å². The quantitative estimate of drug-likeness (QED) is 0.453. The van der Waals surface area contributed by atoms with Gasteiger partial charge >= 0.3 is 0 Å². The molecular weight excluding hydrogens is 269 g/mol. The molecule has 0 aliphatic heterocycles. The molecule has 0 aromatic heterocycles. The van der Waals surface area contributed by atoms with Crippen molar-refractivity contribution in [2.45, 2.75) is 6.16 Å². The predicted octanol–water partition coefficient (Wildman–Crippen LogP) is 2.77. The number of hydrogen-bond donors (Lipinski definition) is 0. The van der Waals surface area contributed by atoms with Crippen molar-refractivity contribution in [3.05, 3.63) is 35.9 Å². The summed E-state index contributed by atoms with van der Waals surface area (Å²) in [5.74, 6) is 0. The molecule has 0 aliphatic carbocycles. The van der Waals surface area contributed by atoms with Crippen LogP contribution in [0.15, 0.2) is 30.3 Å². The van der Waals surface area contributed by atoms with Gasteiger partial charge in [-0.3, -0.25) is 0 Å². The van der Waals surface area contributed by atoms with Gasteiger partial charge in [-0.05, 0) is 5.56 Å². The molecular formula is C12H20NOPS2. The normalized spacial score (nSPS) is 15.5. The number of quaternary nitrogens is 1. The molecule has 96 valence electrons. The van der Waals surface area contributed by atoms with Crippen molar-refractivity contribution in [3.8, 4) is 0 Å². The van der Waals surface area contributed by atoms with E-state index in [4.69, 9.17) is 28.6 Å². The minimum absolute atomic E-state index is 0.650. The van der Waals surface area contributed by atoms with Crippen LogP contribution < -0.4 is 0 Å². The zero-order valence-corrected chi connectivity index (χ0v) is 13.2. The van der Waals surface area contributed by atoms with E-state index in [1.807, 2.05) is 18.2 Å². The number of benzene rings is 1. The van der Waals surface area contributed by atoms with Crippen molar-refractivity contribution in [1.29, 1.82) is 0 Å². The second kappa shape index (κ2) is 6.35. The average molecular weight is 289 g/mol. The summed E-state index contributed by atoms with van der Waals surface area (Å²) in [7, 11) is 6.40. The topological polar surface area (TPSA) is 9.23 Å². The van der Waals surface area contributed by atoms with Crippen LogP contribution in [-0.4, -0.2) is 38.8 Å². The van der Waals surface area contributed by atoms with Gasteiger partial charge in [-0.15, -0.1) is 0 Å². The fourth-order valence-corrected chi connectivity index (χ4v) is 3.76. The third kappa shape index (κ3) is 7.22. The van der Waals surface area contributed by atoms with Crippen LogP contribution in [-0.2, 0) is 34.7 Å². The molecule has 1 unspecified atom stereocenters. The summed E-state index contributed by atoms with van der Waals surface area (Å²) in [5, 5.41) is 0. The molecule has 0 fully saturated rings. The lowest BCUT2D eigenvalue weighted by Crippen LogP contribution is -2.37. The van der Waals surface area contributed by atoms with Gasteiger partial charge < -0.3 is 21.3 Å². The Hall–Kier alpha value is 0.140. The standard InChI is InChI=1S/C12H20NOPS2/c1-13(2,3)9-10-14-15(16,17)11-12-7-5-4-6-8-12/h4-8H,9-11H2,1-3H3. The van der Waals surface area contributed by atoms with E-state index in [1.165, 1.54) is 5.56 Å². The van der Waals surface area contributed by atoms with Crippen LogP contribution in [0.25, 0.3) is 0 Å².